The lowest BCUT2D eigenvalue weighted by atomic mass is 9.95. The fourth-order valence-electron chi connectivity index (χ4n) is 1.59. The normalized spacial score (nSPS) is 30.7. The van der Waals surface area contributed by atoms with Crippen molar-refractivity contribution in [1.29, 1.82) is 0 Å². The molecule has 2 nitrogen and oxygen atoms in total. The van der Waals surface area contributed by atoms with Crippen LogP contribution in [0.5, 0.6) is 0 Å². The van der Waals surface area contributed by atoms with E-state index in [1.54, 1.807) is 0 Å². The van der Waals surface area contributed by atoms with Crippen molar-refractivity contribution < 1.29 is 9.53 Å². The summed E-state index contributed by atoms with van der Waals surface area (Å²) in [6.07, 6.45) is 2.77. The van der Waals surface area contributed by atoms with Gasteiger partial charge in [-0.1, -0.05) is 6.92 Å². The molecule has 64 valence electrons. The summed E-state index contributed by atoms with van der Waals surface area (Å²) in [7, 11) is 0. The SMILES string of the molecule is CCCC(=O)C1CCOC1C. The molecule has 0 spiro atoms. The third-order valence-electron chi connectivity index (χ3n) is 2.29. The lowest BCUT2D eigenvalue weighted by Crippen LogP contribution is -2.21. The molecule has 2 atom stereocenters. The van der Waals surface area contributed by atoms with Crippen molar-refractivity contribution in [3.8, 4) is 0 Å². The van der Waals surface area contributed by atoms with Crippen LogP contribution in [0.2, 0.25) is 0 Å². The number of rotatable bonds is 3. The molecule has 1 saturated heterocycles. The van der Waals surface area contributed by atoms with Gasteiger partial charge in [0.05, 0.1) is 6.10 Å². The molecular weight excluding hydrogens is 140 g/mol. The zero-order chi connectivity index (χ0) is 8.27. The predicted molar refractivity (Wildman–Crippen MR) is 43.4 cm³/mol. The first-order chi connectivity index (χ1) is 5.25. The van der Waals surface area contributed by atoms with Crippen molar-refractivity contribution in [2.45, 2.75) is 39.2 Å². The van der Waals surface area contributed by atoms with E-state index in [-0.39, 0.29) is 12.0 Å². The van der Waals surface area contributed by atoms with Gasteiger partial charge in [0, 0.05) is 18.9 Å². The Morgan fingerprint density at radius 1 is 1.64 bits per heavy atom. The molecule has 0 aromatic carbocycles. The molecule has 1 heterocycles. The minimum atomic E-state index is 0.161. The molecule has 0 aromatic heterocycles. The van der Waals surface area contributed by atoms with Gasteiger partial charge in [-0.05, 0) is 19.8 Å². The summed E-state index contributed by atoms with van der Waals surface area (Å²) in [5.74, 6) is 0.576. The van der Waals surface area contributed by atoms with Crippen LogP contribution in [-0.4, -0.2) is 18.5 Å². The van der Waals surface area contributed by atoms with Crippen molar-refractivity contribution in [3.05, 3.63) is 0 Å². The number of hydrogen-bond donors (Lipinski definition) is 0. The molecule has 2 heteroatoms. The number of Topliss-reactive ketones (excluding diaryl/α,β-unsaturated/α-hetero) is 1. The van der Waals surface area contributed by atoms with Gasteiger partial charge >= 0.3 is 0 Å². The van der Waals surface area contributed by atoms with Crippen LogP contribution >= 0.6 is 0 Å². The fraction of sp³-hybridized carbons (Fsp3) is 0.889. The Balaban J connectivity index is 2.39. The van der Waals surface area contributed by atoms with Crippen LogP contribution in [0.4, 0.5) is 0 Å². The van der Waals surface area contributed by atoms with Gasteiger partial charge in [-0.2, -0.15) is 0 Å². The van der Waals surface area contributed by atoms with E-state index in [0.29, 0.717) is 5.78 Å². The van der Waals surface area contributed by atoms with Crippen molar-refractivity contribution in [2.24, 2.45) is 5.92 Å². The quantitative estimate of drug-likeness (QED) is 0.622. The van der Waals surface area contributed by atoms with Crippen molar-refractivity contribution in [1.82, 2.24) is 0 Å². The standard InChI is InChI=1S/C9H16O2/c1-3-4-9(10)8-5-6-11-7(8)2/h7-8H,3-6H2,1-2H3. The molecule has 0 aliphatic carbocycles. The van der Waals surface area contributed by atoms with Gasteiger partial charge in [-0.3, -0.25) is 4.79 Å². The number of ketones is 1. The highest BCUT2D eigenvalue weighted by atomic mass is 16.5. The van der Waals surface area contributed by atoms with Crippen LogP contribution in [0.1, 0.15) is 33.1 Å². The van der Waals surface area contributed by atoms with Gasteiger partial charge in [0.25, 0.3) is 0 Å². The third-order valence-corrected chi connectivity index (χ3v) is 2.29. The molecule has 2 unspecified atom stereocenters. The van der Waals surface area contributed by atoms with Crippen molar-refractivity contribution in [3.63, 3.8) is 0 Å². The predicted octanol–water partition coefficient (Wildman–Crippen LogP) is 1.78. The highest BCUT2D eigenvalue weighted by molar-refractivity contribution is 5.81. The van der Waals surface area contributed by atoms with Gasteiger partial charge in [0.15, 0.2) is 0 Å². The molecule has 0 N–H and O–H groups in total. The fourth-order valence-corrected chi connectivity index (χ4v) is 1.59. The Bertz CT molecular complexity index is 142. The number of hydrogen-bond acceptors (Lipinski definition) is 2. The van der Waals surface area contributed by atoms with Gasteiger partial charge in [0.2, 0.25) is 0 Å². The first-order valence-electron chi connectivity index (χ1n) is 4.40. The van der Waals surface area contributed by atoms with Crippen LogP contribution in [0.25, 0.3) is 0 Å². The zero-order valence-electron chi connectivity index (χ0n) is 7.30. The average molecular weight is 156 g/mol. The Morgan fingerprint density at radius 2 is 2.36 bits per heavy atom. The lowest BCUT2D eigenvalue weighted by Gasteiger charge is -2.11. The molecule has 1 fully saturated rings. The Kier molecular flexibility index (Phi) is 3.06. The second-order valence-corrected chi connectivity index (χ2v) is 3.19. The van der Waals surface area contributed by atoms with Gasteiger partial charge < -0.3 is 4.74 Å². The number of carbonyl (C=O) groups excluding carboxylic acids is 1. The van der Waals surface area contributed by atoms with E-state index in [2.05, 4.69) is 0 Å². The van der Waals surface area contributed by atoms with Crippen LogP contribution in [0, 0.1) is 5.92 Å². The van der Waals surface area contributed by atoms with E-state index in [4.69, 9.17) is 4.74 Å². The van der Waals surface area contributed by atoms with Crippen molar-refractivity contribution >= 4 is 5.78 Å². The number of carbonyl (C=O) groups is 1. The molecule has 0 radical (unpaired) electrons. The second kappa shape index (κ2) is 3.86. The highest BCUT2D eigenvalue weighted by Gasteiger charge is 2.29. The Hall–Kier alpha value is -0.370. The smallest absolute Gasteiger partial charge is 0.138 e. The van der Waals surface area contributed by atoms with Crippen LogP contribution in [-0.2, 0) is 9.53 Å². The minimum absolute atomic E-state index is 0.161. The van der Waals surface area contributed by atoms with Gasteiger partial charge in [-0.25, -0.2) is 0 Å². The Morgan fingerprint density at radius 3 is 2.82 bits per heavy atom. The van der Waals surface area contributed by atoms with E-state index in [1.807, 2.05) is 13.8 Å². The monoisotopic (exact) mass is 156 g/mol. The zero-order valence-corrected chi connectivity index (χ0v) is 7.30. The summed E-state index contributed by atoms with van der Waals surface area (Å²) in [6, 6.07) is 0. The molecule has 0 saturated carbocycles. The molecule has 0 bridgehead atoms. The van der Waals surface area contributed by atoms with E-state index < -0.39 is 0 Å². The van der Waals surface area contributed by atoms with E-state index in [1.165, 1.54) is 0 Å². The molecule has 0 amide bonds. The summed E-state index contributed by atoms with van der Waals surface area (Å²) in [5, 5.41) is 0. The third kappa shape index (κ3) is 2.03. The molecule has 1 rings (SSSR count). The second-order valence-electron chi connectivity index (χ2n) is 3.19. The topological polar surface area (TPSA) is 26.3 Å². The van der Waals surface area contributed by atoms with Crippen LogP contribution in [0.15, 0.2) is 0 Å². The van der Waals surface area contributed by atoms with Gasteiger partial charge in [-0.15, -0.1) is 0 Å². The largest absolute Gasteiger partial charge is 0.378 e. The van der Waals surface area contributed by atoms with Gasteiger partial charge in [0.1, 0.15) is 5.78 Å². The highest BCUT2D eigenvalue weighted by Crippen LogP contribution is 2.22. The molecule has 0 aromatic rings. The average Bonchev–Trinajstić information content (AvgIpc) is 2.36. The maximum atomic E-state index is 11.4. The maximum Gasteiger partial charge on any atom is 0.138 e. The van der Waals surface area contributed by atoms with Crippen molar-refractivity contribution in [2.75, 3.05) is 6.61 Å². The molecule has 1 aliphatic heterocycles. The summed E-state index contributed by atoms with van der Waals surface area (Å²) in [4.78, 5) is 11.4. The molecule has 1 aliphatic rings. The van der Waals surface area contributed by atoms with E-state index in [0.717, 1.165) is 25.9 Å². The maximum absolute atomic E-state index is 11.4. The first-order valence-corrected chi connectivity index (χ1v) is 4.40. The summed E-state index contributed by atoms with van der Waals surface area (Å²) in [6.45, 7) is 4.80. The Labute approximate surface area is 67.9 Å². The first kappa shape index (κ1) is 8.72. The number of ether oxygens (including phenoxy) is 1. The van der Waals surface area contributed by atoms with Crippen LogP contribution < -0.4 is 0 Å². The van der Waals surface area contributed by atoms with E-state index in [9.17, 15) is 4.79 Å². The summed E-state index contributed by atoms with van der Waals surface area (Å²) < 4.78 is 5.31. The lowest BCUT2D eigenvalue weighted by molar-refractivity contribution is -0.124. The summed E-state index contributed by atoms with van der Waals surface area (Å²) >= 11 is 0. The van der Waals surface area contributed by atoms with Crippen LogP contribution in [0.3, 0.4) is 0 Å². The minimum Gasteiger partial charge on any atom is -0.378 e. The molecule has 11 heavy (non-hydrogen) atoms. The molecular formula is C9H16O2. The summed E-state index contributed by atoms with van der Waals surface area (Å²) in [5.41, 5.74) is 0. The van der Waals surface area contributed by atoms with E-state index >= 15 is 0 Å².